The second-order valence-electron chi connectivity index (χ2n) is 9.16. The van der Waals surface area contributed by atoms with E-state index in [0.717, 1.165) is 49.1 Å². The van der Waals surface area contributed by atoms with Crippen LogP contribution in [0.2, 0.25) is 0 Å². The predicted molar refractivity (Wildman–Crippen MR) is 172 cm³/mol. The number of nitrogens with zero attached hydrogens (tertiary/aromatic N) is 2. The minimum Gasteiger partial charge on any atom is -0.464 e. The Hall–Kier alpha value is 0.580. The minimum absolute atomic E-state index is 0. The molecule has 0 saturated heterocycles. The third-order valence-corrected chi connectivity index (χ3v) is 7.93. The first-order valence-electron chi connectivity index (χ1n) is 12.9. The van der Waals surface area contributed by atoms with E-state index in [1.54, 1.807) is 11.8 Å². The molecule has 0 unspecified atom stereocenters. The molecule has 0 amide bonds. The second-order valence-corrected chi connectivity index (χ2v) is 12.3. The molecule has 0 aliphatic heterocycles. The van der Waals surface area contributed by atoms with Crippen LogP contribution in [0.15, 0.2) is 0 Å². The van der Waals surface area contributed by atoms with Crippen molar-refractivity contribution in [3.63, 3.8) is 0 Å². The van der Waals surface area contributed by atoms with Crippen molar-refractivity contribution < 1.29 is 48.6 Å². The van der Waals surface area contributed by atoms with Gasteiger partial charge in [-0.15, -0.1) is 11.6 Å². The molecule has 6 nitrogen and oxygen atoms in total. The Labute approximate surface area is 281 Å². The fraction of sp³-hybridized carbons (Fsp3) is 0.846. The molecule has 0 saturated carbocycles. The van der Waals surface area contributed by atoms with Gasteiger partial charge in [0.2, 0.25) is 0 Å². The number of carbonyl (C=O) groups excluding carboxylic acids is 2. The van der Waals surface area contributed by atoms with Crippen LogP contribution in [0, 0.1) is 10.8 Å². The average Bonchev–Trinajstić information content (AvgIpc) is 2.86. The van der Waals surface area contributed by atoms with E-state index >= 15 is 0 Å². The summed E-state index contributed by atoms with van der Waals surface area (Å²) in [6.07, 6.45) is 1.57. The van der Waals surface area contributed by atoms with E-state index in [2.05, 4.69) is 18.7 Å². The molecule has 0 bridgehead atoms. The standard InChI is InChI=1S/C13H25NO2S2.C8H15ClO2.C5H11NS2.Na/c1-6-13(4,5)11(15)16-9-10-18-12(17)14(7-2)8-3;1-4-8(2,3)7(10)11-6-5-9;1-3-6(4-2)5(7)8;/h6-10H2,1-5H3;4-6H2,1-3H3;3-4H2,1-2H3,(H,7,8);/q;;;+1/p-1. The molecule has 12 heteroatoms. The van der Waals surface area contributed by atoms with Gasteiger partial charge in [-0.3, -0.25) is 9.59 Å². The maximum Gasteiger partial charge on any atom is 1.00 e. The third kappa shape index (κ3) is 22.3. The smallest absolute Gasteiger partial charge is 0.464 e. The molecule has 0 atom stereocenters. The molecule has 0 aliphatic rings. The van der Waals surface area contributed by atoms with E-state index in [1.807, 2.05) is 60.3 Å². The van der Waals surface area contributed by atoms with Gasteiger partial charge < -0.3 is 44.1 Å². The third-order valence-electron chi connectivity index (χ3n) is 5.77. The first-order valence-corrected chi connectivity index (χ1v) is 15.7. The largest absolute Gasteiger partial charge is 1.00 e. The SMILES string of the molecule is CCC(C)(C)C(=O)OCCCl.CCN(CC)C(=S)SCCOC(=O)C(C)(C)CC.CCN(CC)C(=S)[S-].[Na+]. The van der Waals surface area contributed by atoms with Crippen molar-refractivity contribution in [3.8, 4) is 0 Å². The molecule has 0 rings (SSSR count). The quantitative estimate of drug-likeness (QED) is 0.0744. The molecule has 38 heavy (non-hydrogen) atoms. The number of thioether (sulfide) groups is 1. The number of thiocarbonyl (C=S) groups is 2. The van der Waals surface area contributed by atoms with Crippen molar-refractivity contribution in [2.75, 3.05) is 51.0 Å². The van der Waals surface area contributed by atoms with Gasteiger partial charge in [0, 0.05) is 31.9 Å². The minimum atomic E-state index is -0.385. The van der Waals surface area contributed by atoms with Gasteiger partial charge in [0.1, 0.15) is 17.5 Å². The predicted octanol–water partition coefficient (Wildman–Crippen LogP) is 3.69. The summed E-state index contributed by atoms with van der Waals surface area (Å²) in [6, 6.07) is 0. The van der Waals surface area contributed by atoms with Gasteiger partial charge in [0.05, 0.1) is 16.7 Å². The Morgan fingerprint density at radius 1 is 0.789 bits per heavy atom. The molecule has 0 aromatic heterocycles. The van der Waals surface area contributed by atoms with Crippen LogP contribution >= 0.6 is 47.8 Å². The molecule has 0 spiro atoms. The number of alkyl halides is 1. The molecule has 0 aromatic rings. The van der Waals surface area contributed by atoms with Crippen LogP contribution < -0.4 is 29.6 Å². The molecule has 0 heterocycles. The number of rotatable bonds is 13. The van der Waals surface area contributed by atoms with Gasteiger partial charge in [0.25, 0.3) is 0 Å². The Balaban J connectivity index is -0.000000247. The fourth-order valence-electron chi connectivity index (χ4n) is 2.13. The maximum atomic E-state index is 11.7. The first kappa shape index (κ1) is 45.6. The van der Waals surface area contributed by atoms with Crippen LogP contribution in [-0.4, -0.2) is 81.4 Å². The Morgan fingerprint density at radius 3 is 1.42 bits per heavy atom. The van der Waals surface area contributed by atoms with Crippen molar-refractivity contribution in [1.29, 1.82) is 0 Å². The summed E-state index contributed by atoms with van der Waals surface area (Å²) < 4.78 is 11.6. The molecule has 0 aliphatic carbocycles. The summed E-state index contributed by atoms with van der Waals surface area (Å²) >= 11 is 21.7. The van der Waals surface area contributed by atoms with Crippen molar-refractivity contribution in [3.05, 3.63) is 0 Å². The number of ether oxygens (including phenoxy) is 2. The summed E-state index contributed by atoms with van der Waals surface area (Å²) in [5.74, 6) is 0.798. The van der Waals surface area contributed by atoms with Crippen LogP contribution in [0.4, 0.5) is 0 Å². The van der Waals surface area contributed by atoms with Crippen LogP contribution in [0.5, 0.6) is 0 Å². The number of hydrogen-bond donors (Lipinski definition) is 0. The first-order chi connectivity index (χ1) is 17.1. The van der Waals surface area contributed by atoms with Crippen LogP contribution in [0.25, 0.3) is 0 Å². The topological polar surface area (TPSA) is 59.1 Å². The number of carbonyl (C=O) groups is 2. The van der Waals surface area contributed by atoms with Gasteiger partial charge in [-0.25, -0.2) is 0 Å². The summed E-state index contributed by atoms with van der Waals surface area (Å²) in [7, 11) is 0. The zero-order chi connectivity index (χ0) is 29.7. The van der Waals surface area contributed by atoms with E-state index in [0.29, 0.717) is 23.4 Å². The van der Waals surface area contributed by atoms with Gasteiger partial charge >= 0.3 is 41.5 Å². The van der Waals surface area contributed by atoms with E-state index in [1.165, 1.54) is 0 Å². The van der Waals surface area contributed by atoms with Crippen LogP contribution in [-0.2, 0) is 31.7 Å². The van der Waals surface area contributed by atoms with Gasteiger partial charge in [0.15, 0.2) is 0 Å². The number of hydrogen-bond acceptors (Lipinski definition) is 8. The van der Waals surface area contributed by atoms with Crippen LogP contribution in [0.3, 0.4) is 0 Å². The maximum absolute atomic E-state index is 11.7. The van der Waals surface area contributed by atoms with Crippen molar-refractivity contribution in [1.82, 2.24) is 9.80 Å². The van der Waals surface area contributed by atoms with Crippen molar-refractivity contribution in [2.24, 2.45) is 10.8 Å². The Bertz CT molecular complexity index is 663. The molecule has 0 radical (unpaired) electrons. The zero-order valence-corrected chi connectivity index (χ0v) is 31.6. The van der Waals surface area contributed by atoms with Crippen molar-refractivity contribution in [2.45, 2.75) is 82.1 Å². The molecular weight excluding hydrogens is 591 g/mol. The average molecular weight is 641 g/mol. The Kier molecular flexibility index (Phi) is 31.7. The Morgan fingerprint density at radius 2 is 1.16 bits per heavy atom. The van der Waals surface area contributed by atoms with Crippen LogP contribution in [0.1, 0.15) is 82.1 Å². The van der Waals surface area contributed by atoms with E-state index in [4.69, 9.17) is 58.1 Å². The molecule has 0 N–H and O–H groups in total. The molecule has 0 aromatic carbocycles. The normalized spacial score (nSPS) is 10.4. The second kappa shape index (κ2) is 26.5. The zero-order valence-electron chi connectivity index (χ0n) is 25.6. The van der Waals surface area contributed by atoms with Gasteiger partial charge in [-0.1, -0.05) is 42.1 Å². The summed E-state index contributed by atoms with van der Waals surface area (Å²) in [4.78, 5) is 27.0. The van der Waals surface area contributed by atoms with Gasteiger partial charge in [-0.2, -0.15) is 0 Å². The summed E-state index contributed by atoms with van der Waals surface area (Å²) in [6.45, 7) is 24.2. The molecule has 0 fully saturated rings. The van der Waals surface area contributed by atoms with E-state index < -0.39 is 0 Å². The fourth-order valence-corrected chi connectivity index (χ4v) is 4.01. The number of halogens is 1. The van der Waals surface area contributed by atoms with Gasteiger partial charge in [-0.05, 0) is 68.2 Å². The van der Waals surface area contributed by atoms with E-state index in [-0.39, 0.29) is 52.3 Å². The van der Waals surface area contributed by atoms with E-state index in [9.17, 15) is 9.59 Å². The monoisotopic (exact) mass is 640 g/mol. The molecular formula is C26H50ClN2NaO4S4. The molecule has 220 valence electrons. The summed E-state index contributed by atoms with van der Waals surface area (Å²) in [5, 5.41) is 0. The van der Waals surface area contributed by atoms with Crippen molar-refractivity contribution >= 4 is 81.0 Å². The summed E-state index contributed by atoms with van der Waals surface area (Å²) in [5.41, 5.74) is -0.754. The number of esters is 2.